The van der Waals surface area contributed by atoms with Crippen LogP contribution in [-0.2, 0) is 59.3 Å². The summed E-state index contributed by atoms with van der Waals surface area (Å²) in [6, 6.07) is 55.2. The van der Waals surface area contributed by atoms with E-state index in [2.05, 4.69) is 41.3 Å². The second kappa shape index (κ2) is 40.0. The minimum Gasteiger partial charge on any atom is -0.307 e. The Hall–Kier alpha value is -12.8. The molecule has 9 heterocycles. The number of aromatic nitrogens is 1. The van der Waals surface area contributed by atoms with Crippen molar-refractivity contribution in [1.82, 2.24) is 23.9 Å². The van der Waals surface area contributed by atoms with Gasteiger partial charge >= 0.3 is 24.1 Å². The van der Waals surface area contributed by atoms with Gasteiger partial charge in [-0.25, -0.2) is 89.9 Å². The van der Waals surface area contributed by atoms with E-state index in [0.29, 0.717) is 39.1 Å². The molecule has 0 saturated carbocycles. The second-order valence-electron chi connectivity index (χ2n) is 26.2. The second-order valence-corrected chi connectivity index (χ2v) is 41.1. The largest absolute Gasteiger partial charge is 0.333 e. The van der Waals surface area contributed by atoms with Crippen LogP contribution in [0.15, 0.2) is 274 Å². The highest BCUT2D eigenvalue weighted by Crippen LogP contribution is 2.37. The molecule has 16 rings (SSSR count). The first-order valence-electron chi connectivity index (χ1n) is 36.2. The number of nitrogens with one attached hydrogen (secondary N) is 8. The lowest BCUT2D eigenvalue weighted by Crippen LogP contribution is -2.34. The van der Waals surface area contributed by atoms with Crippen LogP contribution >= 0.6 is 103 Å². The zero-order valence-corrected chi connectivity index (χ0v) is 74.5. The lowest BCUT2D eigenvalue weighted by Gasteiger charge is -2.15. The molecule has 0 unspecified atom stereocenters. The number of benzene rings is 7. The Balaban J connectivity index is 0.000000146. The lowest BCUT2D eigenvalue weighted by atomic mass is 10.1. The summed E-state index contributed by atoms with van der Waals surface area (Å²) < 4.78 is 149. The molecule has 8 N–H and O–H groups in total. The van der Waals surface area contributed by atoms with E-state index in [4.69, 9.17) is 58.0 Å². The number of halogens is 8. The van der Waals surface area contributed by atoms with Crippen molar-refractivity contribution in [3.8, 4) is 0 Å². The monoisotopic (exact) mass is 1990 g/mol. The van der Waals surface area contributed by atoms with Crippen LogP contribution in [0, 0.1) is 17.5 Å². The van der Waals surface area contributed by atoms with E-state index in [-0.39, 0.29) is 111 Å². The molecule has 0 radical (unpaired) electrons. The quantitative estimate of drug-likeness (QED) is 0.0351. The first kappa shape index (κ1) is 92.8. The van der Waals surface area contributed by atoms with Gasteiger partial charge in [-0.05, 0) is 131 Å². The smallest absolute Gasteiger partial charge is 0.307 e. The Morgan fingerprint density at radius 3 is 0.938 bits per heavy atom. The Bertz CT molecular complexity index is 6780. The van der Waals surface area contributed by atoms with Crippen molar-refractivity contribution in [2.75, 3.05) is 41.3 Å². The number of carbonyl (C=O) groups excluding carboxylic acids is 8. The standard InChI is InChI=1S/C20H14Cl2N4O4S2.C20H13ClF2N4O4S2.C20H14ClFN4O4S2.C19H14ClN5O4S2/c21-14-10-13(23-20(28)25-32(29,30)19-9-8-17(22)31-19)6-7-16(14)26-18(27)11-15(24-26)12-4-2-1-3-5-12;21-16-6-7-18(32-16)33(30,31)26-20(29)24-12-8-13(22)19(14(23)9-12)27-17(28)10-15(25-27)11-4-2-1-3-5-11;21-17-8-9-19(31-17)32(29,30)25-20(28)23-13-6-7-16(14(22)10-13)26-18(27)11-15(24-26)12-4-2-1-3-5-12;20-15-7-9-18(30-15)31(28,29)24-19(27)22-13-6-8-16(21-11-13)25-17(26)10-14(23-25)12-4-2-1-3-5-12/h1-10H,11H2,(H2,23,25,28);1-9H,10H2,(H2,24,26,29);1-10H,11H2,(H2,23,25,28);1-9,11H,10H2,(H2,22,24,27). The summed E-state index contributed by atoms with van der Waals surface area (Å²) in [5.74, 6) is -4.40. The van der Waals surface area contributed by atoms with Gasteiger partial charge in [-0.3, -0.25) is 19.2 Å². The van der Waals surface area contributed by atoms with E-state index in [1.165, 1.54) is 107 Å². The van der Waals surface area contributed by atoms with E-state index in [1.807, 2.05) is 98.3 Å². The third-order valence-electron chi connectivity index (χ3n) is 17.3. The molecule has 4 aliphatic rings. The highest BCUT2D eigenvalue weighted by atomic mass is 35.5. The van der Waals surface area contributed by atoms with Crippen molar-refractivity contribution >= 4 is 260 Å². The molecule has 0 bridgehead atoms. The molecule has 5 aromatic heterocycles. The number of urea groups is 4. The molecule has 0 saturated heterocycles. The fourth-order valence-electron chi connectivity index (χ4n) is 11.6. The number of amides is 12. The third-order valence-corrected chi connectivity index (χ3v) is 29.8. The molecular weight excluding hydrogens is 1930 g/mol. The number of thiophene rings is 4. The van der Waals surface area contributed by atoms with Crippen LogP contribution in [0.2, 0.25) is 22.4 Å². The first-order valence-corrected chi connectivity index (χ1v) is 47.2. The van der Waals surface area contributed by atoms with E-state index < -0.39 is 99.2 Å². The van der Waals surface area contributed by atoms with Crippen molar-refractivity contribution in [2.24, 2.45) is 20.4 Å². The highest BCUT2D eigenvalue weighted by Gasteiger charge is 2.35. The summed E-state index contributed by atoms with van der Waals surface area (Å²) in [6.07, 6.45) is 1.46. The summed E-state index contributed by atoms with van der Waals surface area (Å²) in [6.45, 7) is 0. The molecule has 128 heavy (non-hydrogen) atoms. The number of anilines is 8. The number of sulfonamides is 4. The normalized spacial score (nSPS) is 13.8. The molecule has 7 aromatic carbocycles. The van der Waals surface area contributed by atoms with Crippen LogP contribution in [0.5, 0.6) is 0 Å². The van der Waals surface area contributed by atoms with Gasteiger partial charge in [0.1, 0.15) is 28.2 Å². The van der Waals surface area contributed by atoms with E-state index >= 15 is 0 Å². The SMILES string of the molecule is O=C(Nc1cc(F)c(N2N=C(c3ccccc3)CC2=O)c(F)c1)NS(=O)(=O)c1ccc(Cl)s1.O=C(Nc1ccc(N2N=C(c3ccccc3)CC2=O)c(Cl)c1)NS(=O)(=O)c1ccc(Cl)s1.O=C(Nc1ccc(N2N=C(c3ccccc3)CC2=O)c(F)c1)NS(=O)(=O)c1ccc(Cl)s1.O=C(Nc1ccc(N2N=C(c3ccccc3)CC2=O)nc1)NS(=O)(=O)c1ccc(Cl)s1. The number of carbonyl (C=O) groups is 8. The van der Waals surface area contributed by atoms with Crippen molar-refractivity contribution in [1.29, 1.82) is 0 Å². The maximum Gasteiger partial charge on any atom is 0.333 e. The third kappa shape index (κ3) is 23.3. The van der Waals surface area contributed by atoms with Crippen LogP contribution in [0.1, 0.15) is 47.9 Å². The molecule has 656 valence electrons. The topological polar surface area (TPSA) is 445 Å². The molecular formula is C79H55Cl5F3N17O16S8. The summed E-state index contributed by atoms with van der Waals surface area (Å²) >= 11 is 32.4. The number of hydrazone groups is 4. The highest BCUT2D eigenvalue weighted by molar-refractivity contribution is 7.93. The molecule has 0 aliphatic carbocycles. The van der Waals surface area contributed by atoms with Gasteiger partial charge in [0.15, 0.2) is 23.3 Å². The average molecular weight is 1990 g/mol. The van der Waals surface area contributed by atoms with Crippen molar-refractivity contribution in [2.45, 2.75) is 42.5 Å². The van der Waals surface area contributed by atoms with E-state index in [1.54, 1.807) is 47.2 Å². The maximum absolute atomic E-state index is 14.7. The lowest BCUT2D eigenvalue weighted by molar-refractivity contribution is -0.117. The first-order chi connectivity index (χ1) is 60.9. The van der Waals surface area contributed by atoms with Gasteiger partial charge in [-0.2, -0.15) is 40.4 Å². The van der Waals surface area contributed by atoms with Gasteiger partial charge in [-0.15, -0.1) is 45.3 Å². The fourth-order valence-corrected chi connectivity index (χ4v) is 21.5. The number of hydrogen-bond donors (Lipinski definition) is 8. The molecule has 49 heteroatoms. The van der Waals surface area contributed by atoms with Crippen LogP contribution < -0.4 is 60.2 Å². The van der Waals surface area contributed by atoms with Gasteiger partial charge in [0.05, 0.1) is 88.5 Å². The zero-order chi connectivity index (χ0) is 91.5. The minimum atomic E-state index is -4.23. The van der Waals surface area contributed by atoms with Gasteiger partial charge < -0.3 is 21.3 Å². The summed E-state index contributed by atoms with van der Waals surface area (Å²) in [4.78, 5) is 102. The molecule has 33 nitrogen and oxygen atoms in total. The Morgan fingerprint density at radius 2 is 0.609 bits per heavy atom. The average Bonchev–Trinajstić information content (AvgIpc) is 1.72. The molecule has 12 aromatic rings. The van der Waals surface area contributed by atoms with Gasteiger partial charge in [-0.1, -0.05) is 179 Å². The minimum absolute atomic E-state index is 0.0120. The predicted octanol–water partition coefficient (Wildman–Crippen LogP) is 16.7. The fraction of sp³-hybridized carbons (Fsp3) is 0.0506. The summed E-state index contributed by atoms with van der Waals surface area (Å²) in [7, 11) is -16.4. The van der Waals surface area contributed by atoms with Crippen LogP contribution in [0.25, 0.3) is 0 Å². The van der Waals surface area contributed by atoms with E-state index in [0.717, 1.165) is 85.2 Å². The maximum atomic E-state index is 14.7. The molecule has 0 spiro atoms. The summed E-state index contributed by atoms with van der Waals surface area (Å²) in [5, 5.41) is 30.2. The van der Waals surface area contributed by atoms with Crippen molar-refractivity contribution in [3.63, 3.8) is 0 Å². The number of nitrogens with zero attached hydrogens (tertiary/aromatic N) is 9. The van der Waals surface area contributed by atoms with Gasteiger partial charge in [0.2, 0.25) is 0 Å². The van der Waals surface area contributed by atoms with Crippen LogP contribution in [-0.4, -0.2) is 109 Å². The molecule has 12 amide bonds. The molecule has 4 aliphatic heterocycles. The zero-order valence-electron chi connectivity index (χ0n) is 64.2. The van der Waals surface area contributed by atoms with Crippen molar-refractivity contribution < 1.29 is 85.2 Å². The van der Waals surface area contributed by atoms with Gasteiger partial charge in [0.25, 0.3) is 63.7 Å². The van der Waals surface area contributed by atoms with Crippen LogP contribution in [0.4, 0.5) is 78.0 Å². The Morgan fingerprint density at radius 1 is 0.320 bits per heavy atom. The number of hydrogen-bond acceptors (Lipinski definition) is 25. The van der Waals surface area contributed by atoms with E-state index in [9.17, 15) is 85.2 Å². The predicted molar refractivity (Wildman–Crippen MR) is 483 cm³/mol. The molecule has 0 atom stereocenters. The van der Waals surface area contributed by atoms with Crippen LogP contribution in [0.3, 0.4) is 0 Å². The van der Waals surface area contributed by atoms with Crippen molar-refractivity contribution in [3.05, 3.63) is 299 Å². The molecule has 0 fully saturated rings. The Labute approximate surface area is 765 Å². The summed E-state index contributed by atoms with van der Waals surface area (Å²) in [5.41, 5.74) is 4.81. The number of rotatable bonds is 20. The Kier molecular flexibility index (Phi) is 29.0. The van der Waals surface area contributed by atoms with Gasteiger partial charge in [0, 0.05) is 17.1 Å². The number of pyridine rings is 1.